The van der Waals surface area contributed by atoms with Crippen molar-refractivity contribution in [1.29, 1.82) is 0 Å². The maximum Gasteiger partial charge on any atom is 0.211 e. The van der Waals surface area contributed by atoms with E-state index in [9.17, 15) is 5.11 Å². The van der Waals surface area contributed by atoms with E-state index in [1.165, 1.54) is 19.3 Å². The highest BCUT2D eigenvalue weighted by Crippen LogP contribution is 2.39. The molecule has 1 aliphatic carbocycles. The lowest BCUT2D eigenvalue weighted by molar-refractivity contribution is 0.234. The van der Waals surface area contributed by atoms with Gasteiger partial charge in [0.2, 0.25) is 5.88 Å². The fourth-order valence-corrected chi connectivity index (χ4v) is 5.50. The van der Waals surface area contributed by atoms with E-state index in [-0.39, 0.29) is 6.04 Å². The normalized spacial score (nSPS) is 22.6. The number of fused-ring (bicyclic) bond motifs is 1. The van der Waals surface area contributed by atoms with E-state index >= 15 is 0 Å². The summed E-state index contributed by atoms with van der Waals surface area (Å²) in [5.41, 5.74) is 4.01. The van der Waals surface area contributed by atoms with E-state index in [0.717, 1.165) is 38.6 Å². The maximum atomic E-state index is 11.3. The van der Waals surface area contributed by atoms with Crippen molar-refractivity contribution in [2.45, 2.75) is 38.6 Å². The number of hydrogen-bond acceptors (Lipinski definition) is 4. The lowest BCUT2D eigenvalue weighted by atomic mass is 9.86. The fraction of sp³-hybridized carbons (Fsp3) is 0.280. The first-order valence-corrected chi connectivity index (χ1v) is 11.4. The Labute approximate surface area is 180 Å². The third-order valence-electron chi connectivity index (χ3n) is 6.08. The van der Waals surface area contributed by atoms with Crippen LogP contribution in [0.5, 0.6) is 5.88 Å². The van der Waals surface area contributed by atoms with Gasteiger partial charge in [0.15, 0.2) is 4.80 Å². The average Bonchev–Trinajstić information content (AvgIpc) is 3.31. The van der Waals surface area contributed by atoms with E-state index in [1.807, 2.05) is 60.8 Å². The number of rotatable bonds is 3. The fourth-order valence-electron chi connectivity index (χ4n) is 4.46. The van der Waals surface area contributed by atoms with E-state index in [4.69, 9.17) is 4.99 Å². The van der Waals surface area contributed by atoms with Crippen molar-refractivity contribution in [2.24, 2.45) is 15.9 Å². The van der Waals surface area contributed by atoms with Crippen LogP contribution in [0.3, 0.4) is 0 Å². The van der Waals surface area contributed by atoms with Crippen LogP contribution in [0.1, 0.15) is 49.1 Å². The summed E-state index contributed by atoms with van der Waals surface area (Å²) in [5, 5.41) is 11.3. The summed E-state index contributed by atoms with van der Waals surface area (Å²) in [6, 6.07) is 18.4. The number of benzene rings is 2. The van der Waals surface area contributed by atoms with Crippen molar-refractivity contribution in [1.82, 2.24) is 4.57 Å². The number of para-hydroxylation sites is 2. The minimum Gasteiger partial charge on any atom is -0.493 e. The topological polar surface area (TPSA) is 49.9 Å². The molecule has 0 bridgehead atoms. The molecule has 0 radical (unpaired) electrons. The summed E-state index contributed by atoms with van der Waals surface area (Å²) in [7, 11) is 0. The van der Waals surface area contributed by atoms with Gasteiger partial charge in [0.25, 0.3) is 0 Å². The predicted molar refractivity (Wildman–Crippen MR) is 125 cm³/mol. The molecule has 5 rings (SSSR count). The van der Waals surface area contributed by atoms with Crippen molar-refractivity contribution in [3.8, 4) is 5.88 Å². The standard InChI is InChI=1S/C25H25N3OS/c1-17-9-5-8-14-22(17)28-24(29)23(30-25(28)27-19-10-3-2-4-11-19)15-18-16-26-21-13-7-6-12-20(18)21/h2-4,6-7,10-13,15-17,22,29H,5,8-9,14H2,1H3/t17-,22-/m0/s1. The Balaban J connectivity index is 1.65. The predicted octanol–water partition coefficient (Wildman–Crippen LogP) is 6.50. The number of nitrogens with zero attached hydrogens (tertiary/aromatic N) is 3. The Bertz CT molecular complexity index is 1190. The lowest BCUT2D eigenvalue weighted by Crippen LogP contribution is -2.27. The molecule has 0 unspecified atom stereocenters. The van der Waals surface area contributed by atoms with E-state index in [1.54, 1.807) is 11.3 Å². The van der Waals surface area contributed by atoms with Gasteiger partial charge in [-0.15, -0.1) is 0 Å². The van der Waals surface area contributed by atoms with Crippen LogP contribution in [-0.4, -0.2) is 15.9 Å². The molecule has 0 spiro atoms. The van der Waals surface area contributed by atoms with Crippen LogP contribution in [-0.2, 0) is 0 Å². The number of hydrogen-bond donors (Lipinski definition) is 1. The minimum absolute atomic E-state index is 0.272. The zero-order chi connectivity index (χ0) is 20.5. The molecule has 2 atom stereocenters. The van der Waals surface area contributed by atoms with Gasteiger partial charge < -0.3 is 5.11 Å². The maximum absolute atomic E-state index is 11.3. The number of aromatic hydroxyl groups is 1. The van der Waals surface area contributed by atoms with Crippen molar-refractivity contribution in [3.63, 3.8) is 0 Å². The molecule has 0 amide bonds. The molecule has 3 aromatic rings. The highest BCUT2D eigenvalue weighted by Gasteiger charge is 2.27. The molecule has 2 aliphatic rings. The SMILES string of the molecule is C[C@H]1CCCC[C@@H]1n1c(O)c(C=C2C=Nc3ccccc32)sc1=Nc1ccccc1. The average molecular weight is 416 g/mol. The zero-order valence-electron chi connectivity index (χ0n) is 17.0. The lowest BCUT2D eigenvalue weighted by Gasteiger charge is -2.30. The molecule has 1 aliphatic heterocycles. The van der Waals surface area contributed by atoms with Crippen molar-refractivity contribution < 1.29 is 5.11 Å². The molecular weight excluding hydrogens is 390 g/mol. The second-order valence-electron chi connectivity index (χ2n) is 8.09. The molecule has 1 saturated carbocycles. The first-order valence-electron chi connectivity index (χ1n) is 10.6. The Kier molecular flexibility index (Phi) is 5.13. The molecule has 2 aromatic carbocycles. The van der Waals surface area contributed by atoms with Gasteiger partial charge >= 0.3 is 0 Å². The monoisotopic (exact) mass is 415 g/mol. The highest BCUT2D eigenvalue weighted by molar-refractivity contribution is 7.10. The van der Waals surface area contributed by atoms with E-state index < -0.39 is 0 Å². The van der Waals surface area contributed by atoms with Crippen LogP contribution in [0.25, 0.3) is 11.6 Å². The number of allylic oxidation sites excluding steroid dienone is 1. The van der Waals surface area contributed by atoms with Crippen LogP contribution < -0.4 is 4.80 Å². The van der Waals surface area contributed by atoms with Crippen molar-refractivity contribution >= 4 is 40.6 Å². The molecule has 1 aromatic heterocycles. The van der Waals surface area contributed by atoms with Gasteiger partial charge in [0.1, 0.15) is 0 Å². The third-order valence-corrected chi connectivity index (χ3v) is 7.07. The Morgan fingerprint density at radius 1 is 1.07 bits per heavy atom. The molecule has 4 nitrogen and oxygen atoms in total. The summed E-state index contributed by atoms with van der Waals surface area (Å²) in [6.07, 6.45) is 8.65. The minimum atomic E-state index is 0.272. The molecule has 30 heavy (non-hydrogen) atoms. The summed E-state index contributed by atoms with van der Waals surface area (Å²) in [6.45, 7) is 2.29. The molecule has 1 N–H and O–H groups in total. The van der Waals surface area contributed by atoms with Crippen molar-refractivity contribution in [2.75, 3.05) is 0 Å². The first kappa shape index (κ1) is 19.1. The van der Waals surface area contributed by atoms with Gasteiger partial charge in [-0.2, -0.15) is 0 Å². The Morgan fingerprint density at radius 3 is 2.67 bits per heavy atom. The van der Waals surface area contributed by atoms with Crippen LogP contribution in [0.15, 0.2) is 64.6 Å². The van der Waals surface area contributed by atoms with Crippen LogP contribution in [0, 0.1) is 5.92 Å². The molecule has 152 valence electrons. The van der Waals surface area contributed by atoms with Crippen molar-refractivity contribution in [3.05, 3.63) is 69.8 Å². The summed E-state index contributed by atoms with van der Waals surface area (Å²) in [5.74, 6) is 0.835. The number of aromatic nitrogens is 1. The largest absolute Gasteiger partial charge is 0.493 e. The second kappa shape index (κ2) is 8.07. The van der Waals surface area contributed by atoms with E-state index in [2.05, 4.69) is 22.5 Å². The summed E-state index contributed by atoms with van der Waals surface area (Å²) >= 11 is 1.55. The highest BCUT2D eigenvalue weighted by atomic mass is 32.1. The zero-order valence-corrected chi connectivity index (χ0v) is 17.8. The van der Waals surface area contributed by atoms with Gasteiger partial charge in [-0.1, -0.05) is 67.5 Å². The van der Waals surface area contributed by atoms with Crippen LogP contribution in [0.4, 0.5) is 11.4 Å². The first-order chi connectivity index (χ1) is 14.7. The van der Waals surface area contributed by atoms with E-state index in [0.29, 0.717) is 11.8 Å². The van der Waals surface area contributed by atoms with Crippen LogP contribution in [0.2, 0.25) is 0 Å². The van der Waals surface area contributed by atoms with Gasteiger partial charge in [0, 0.05) is 23.4 Å². The quantitative estimate of drug-likeness (QED) is 0.522. The summed E-state index contributed by atoms with van der Waals surface area (Å²) in [4.78, 5) is 11.1. The second-order valence-corrected chi connectivity index (χ2v) is 9.10. The van der Waals surface area contributed by atoms with Gasteiger partial charge in [-0.3, -0.25) is 9.56 Å². The van der Waals surface area contributed by atoms with Crippen LogP contribution >= 0.6 is 11.3 Å². The smallest absolute Gasteiger partial charge is 0.211 e. The third kappa shape index (κ3) is 3.54. The van der Waals surface area contributed by atoms with Gasteiger partial charge in [-0.25, -0.2) is 4.99 Å². The Morgan fingerprint density at radius 2 is 1.83 bits per heavy atom. The molecule has 0 saturated heterocycles. The van der Waals surface area contributed by atoms with Gasteiger partial charge in [0.05, 0.1) is 16.3 Å². The molecular formula is C25H25N3OS. The number of aliphatic imine (C=N–C) groups is 1. The Hall–Kier alpha value is -2.92. The summed E-state index contributed by atoms with van der Waals surface area (Å²) < 4.78 is 2.08. The molecule has 5 heteroatoms. The van der Waals surface area contributed by atoms with Gasteiger partial charge in [-0.05, 0) is 43.0 Å². The molecule has 2 heterocycles. The molecule has 1 fully saturated rings. The number of thiazole rings is 1.